The third kappa shape index (κ3) is 2.72. The van der Waals surface area contributed by atoms with E-state index >= 15 is 0 Å². The number of carboxylic acid groups (broad SMARTS) is 1. The summed E-state index contributed by atoms with van der Waals surface area (Å²) >= 11 is 0. The second-order valence-corrected chi connectivity index (χ2v) is 6.14. The molecular weight excluding hydrogens is 296 g/mol. The predicted octanol–water partition coefficient (Wildman–Crippen LogP) is 1.63. The smallest absolute Gasteiger partial charge is 0.305 e. The SMILES string of the molecule is C=C1c2ccccc2C(=O)N1CC(=O)NC1(CC(=O)O)CCC1. The number of nitrogens with zero attached hydrogens (tertiary/aromatic N) is 1. The van der Waals surface area contributed by atoms with Crippen LogP contribution >= 0.6 is 0 Å². The van der Waals surface area contributed by atoms with Crippen LogP contribution in [-0.4, -0.2) is 39.9 Å². The number of hydrogen-bond donors (Lipinski definition) is 2. The molecule has 0 spiro atoms. The zero-order valence-corrected chi connectivity index (χ0v) is 12.7. The average Bonchev–Trinajstić information content (AvgIpc) is 2.70. The molecule has 1 heterocycles. The lowest BCUT2D eigenvalue weighted by Gasteiger charge is -2.41. The van der Waals surface area contributed by atoms with Crippen molar-refractivity contribution in [1.29, 1.82) is 0 Å². The fourth-order valence-electron chi connectivity index (χ4n) is 3.22. The zero-order chi connectivity index (χ0) is 16.6. The van der Waals surface area contributed by atoms with E-state index in [0.717, 1.165) is 12.0 Å². The summed E-state index contributed by atoms with van der Waals surface area (Å²) in [6.45, 7) is 3.75. The molecule has 0 bridgehead atoms. The Bertz CT molecular complexity index is 671. The summed E-state index contributed by atoms with van der Waals surface area (Å²) in [7, 11) is 0. The minimum Gasteiger partial charge on any atom is -0.481 e. The van der Waals surface area contributed by atoms with Gasteiger partial charge < -0.3 is 10.4 Å². The molecule has 0 atom stereocenters. The predicted molar refractivity (Wildman–Crippen MR) is 83.5 cm³/mol. The van der Waals surface area contributed by atoms with Gasteiger partial charge in [0.1, 0.15) is 6.54 Å². The molecule has 23 heavy (non-hydrogen) atoms. The van der Waals surface area contributed by atoms with Crippen LogP contribution in [0.5, 0.6) is 0 Å². The van der Waals surface area contributed by atoms with Crippen molar-refractivity contribution in [2.24, 2.45) is 0 Å². The Labute approximate surface area is 133 Å². The number of nitrogens with one attached hydrogen (secondary N) is 1. The van der Waals surface area contributed by atoms with Gasteiger partial charge in [-0.15, -0.1) is 0 Å². The maximum atomic E-state index is 12.4. The molecule has 0 aromatic heterocycles. The Balaban J connectivity index is 1.68. The lowest BCUT2D eigenvalue weighted by atomic mass is 9.74. The first kappa shape index (κ1) is 15.3. The highest BCUT2D eigenvalue weighted by molar-refractivity contribution is 6.10. The molecule has 120 valence electrons. The molecule has 2 amide bonds. The van der Waals surface area contributed by atoms with Crippen molar-refractivity contribution in [3.05, 3.63) is 42.0 Å². The second-order valence-electron chi connectivity index (χ2n) is 6.14. The molecule has 2 N–H and O–H groups in total. The van der Waals surface area contributed by atoms with Crippen LogP contribution in [-0.2, 0) is 9.59 Å². The number of carboxylic acids is 1. The third-order valence-corrected chi connectivity index (χ3v) is 4.55. The normalized spacial score (nSPS) is 18.3. The highest BCUT2D eigenvalue weighted by Crippen LogP contribution is 2.35. The Morgan fingerprint density at radius 2 is 1.91 bits per heavy atom. The van der Waals surface area contributed by atoms with Crippen LogP contribution < -0.4 is 5.32 Å². The van der Waals surface area contributed by atoms with Gasteiger partial charge in [-0.3, -0.25) is 19.3 Å². The summed E-state index contributed by atoms with van der Waals surface area (Å²) in [5.41, 5.74) is 1.10. The molecule has 2 aliphatic rings. The van der Waals surface area contributed by atoms with Gasteiger partial charge in [-0.25, -0.2) is 0 Å². The van der Waals surface area contributed by atoms with Gasteiger partial charge in [0.2, 0.25) is 5.91 Å². The molecule has 1 saturated carbocycles. The summed E-state index contributed by atoms with van der Waals surface area (Å²) < 4.78 is 0. The first-order valence-corrected chi connectivity index (χ1v) is 7.55. The molecule has 1 aliphatic carbocycles. The Hall–Kier alpha value is -2.63. The van der Waals surface area contributed by atoms with Crippen LogP contribution in [0.25, 0.3) is 5.70 Å². The van der Waals surface area contributed by atoms with E-state index in [4.69, 9.17) is 5.11 Å². The monoisotopic (exact) mass is 314 g/mol. The van der Waals surface area contributed by atoms with Gasteiger partial charge >= 0.3 is 5.97 Å². The maximum Gasteiger partial charge on any atom is 0.305 e. The van der Waals surface area contributed by atoms with E-state index in [2.05, 4.69) is 11.9 Å². The van der Waals surface area contributed by atoms with Crippen molar-refractivity contribution >= 4 is 23.5 Å². The summed E-state index contributed by atoms with van der Waals surface area (Å²) in [6, 6.07) is 7.09. The van der Waals surface area contributed by atoms with Crippen molar-refractivity contribution in [1.82, 2.24) is 10.2 Å². The first-order valence-electron chi connectivity index (χ1n) is 7.55. The van der Waals surface area contributed by atoms with Crippen LogP contribution in [0.2, 0.25) is 0 Å². The number of amides is 2. The van der Waals surface area contributed by atoms with E-state index in [1.165, 1.54) is 4.90 Å². The van der Waals surface area contributed by atoms with Crippen LogP contribution in [0, 0.1) is 0 Å². The minimum atomic E-state index is -0.931. The quantitative estimate of drug-likeness (QED) is 0.865. The minimum absolute atomic E-state index is 0.0894. The van der Waals surface area contributed by atoms with E-state index < -0.39 is 11.5 Å². The molecule has 1 aromatic rings. The molecule has 0 saturated heterocycles. The number of fused-ring (bicyclic) bond motifs is 1. The number of benzene rings is 1. The molecule has 0 radical (unpaired) electrons. The highest BCUT2D eigenvalue weighted by Gasteiger charge is 2.41. The lowest BCUT2D eigenvalue weighted by Crippen LogP contribution is -2.56. The molecule has 0 unspecified atom stereocenters. The highest BCUT2D eigenvalue weighted by atomic mass is 16.4. The largest absolute Gasteiger partial charge is 0.481 e. The lowest BCUT2D eigenvalue weighted by molar-refractivity contribution is -0.140. The number of rotatable bonds is 5. The van der Waals surface area contributed by atoms with E-state index in [0.29, 0.717) is 24.1 Å². The molecule has 1 aliphatic heterocycles. The standard InChI is InChI=1S/C17H18N2O4/c1-11-12-5-2-3-6-13(12)16(23)19(11)10-14(20)18-17(7-4-8-17)9-15(21)22/h2-3,5-6H,1,4,7-10H2,(H,18,20)(H,21,22). The van der Waals surface area contributed by atoms with E-state index in [-0.39, 0.29) is 24.8 Å². The van der Waals surface area contributed by atoms with Crippen molar-refractivity contribution in [3.8, 4) is 0 Å². The van der Waals surface area contributed by atoms with Crippen LogP contribution in [0.3, 0.4) is 0 Å². The number of hydrogen-bond acceptors (Lipinski definition) is 3. The second kappa shape index (κ2) is 5.53. The van der Waals surface area contributed by atoms with Crippen LogP contribution in [0.15, 0.2) is 30.8 Å². The Morgan fingerprint density at radius 1 is 1.26 bits per heavy atom. The van der Waals surface area contributed by atoms with Crippen LogP contribution in [0.1, 0.15) is 41.6 Å². The number of aliphatic carboxylic acids is 1. The van der Waals surface area contributed by atoms with Gasteiger partial charge in [-0.1, -0.05) is 24.8 Å². The fraction of sp³-hybridized carbons (Fsp3) is 0.353. The summed E-state index contributed by atoms with van der Waals surface area (Å²) in [5.74, 6) is -1.53. The van der Waals surface area contributed by atoms with Gasteiger partial charge in [-0.2, -0.15) is 0 Å². The van der Waals surface area contributed by atoms with Crippen molar-refractivity contribution < 1.29 is 19.5 Å². The van der Waals surface area contributed by atoms with Gasteiger partial charge in [0.15, 0.2) is 0 Å². The average molecular weight is 314 g/mol. The third-order valence-electron chi connectivity index (χ3n) is 4.55. The van der Waals surface area contributed by atoms with Crippen molar-refractivity contribution in [2.45, 2.75) is 31.2 Å². The Kier molecular flexibility index (Phi) is 3.67. The topological polar surface area (TPSA) is 86.7 Å². The number of carbonyl (C=O) groups is 3. The molecular formula is C17H18N2O4. The molecule has 1 fully saturated rings. The molecule has 3 rings (SSSR count). The fourth-order valence-corrected chi connectivity index (χ4v) is 3.22. The molecule has 1 aromatic carbocycles. The van der Waals surface area contributed by atoms with E-state index in [9.17, 15) is 14.4 Å². The Morgan fingerprint density at radius 3 is 2.43 bits per heavy atom. The summed E-state index contributed by atoms with van der Waals surface area (Å²) in [5, 5.41) is 11.8. The van der Waals surface area contributed by atoms with Crippen LogP contribution in [0.4, 0.5) is 0 Å². The zero-order valence-electron chi connectivity index (χ0n) is 12.7. The van der Waals surface area contributed by atoms with Gasteiger partial charge in [0, 0.05) is 16.8 Å². The molecule has 6 heteroatoms. The van der Waals surface area contributed by atoms with E-state index in [1.807, 2.05) is 6.07 Å². The molecule has 6 nitrogen and oxygen atoms in total. The van der Waals surface area contributed by atoms with Gasteiger partial charge in [0.05, 0.1) is 12.0 Å². The summed E-state index contributed by atoms with van der Waals surface area (Å²) in [6.07, 6.45) is 2.11. The van der Waals surface area contributed by atoms with Crippen molar-refractivity contribution in [3.63, 3.8) is 0 Å². The van der Waals surface area contributed by atoms with Gasteiger partial charge in [-0.05, 0) is 25.3 Å². The summed E-state index contributed by atoms with van der Waals surface area (Å²) in [4.78, 5) is 36.9. The maximum absolute atomic E-state index is 12.4. The van der Waals surface area contributed by atoms with Crippen molar-refractivity contribution in [2.75, 3.05) is 6.54 Å². The van der Waals surface area contributed by atoms with Gasteiger partial charge in [0.25, 0.3) is 5.91 Å². The first-order chi connectivity index (χ1) is 10.9. The number of carbonyl (C=O) groups excluding carboxylic acids is 2. The van der Waals surface area contributed by atoms with E-state index in [1.54, 1.807) is 18.2 Å².